The monoisotopic (exact) mass is 226 g/mol. The lowest BCUT2D eigenvalue weighted by atomic mass is 10.1. The van der Waals surface area contributed by atoms with Crippen molar-refractivity contribution < 1.29 is 4.74 Å². The Bertz CT molecular complexity index is 337. The fourth-order valence-corrected chi connectivity index (χ4v) is 1.95. The fraction of sp³-hybridized carbons (Fsp3) is 0.455. The molecule has 1 heterocycles. The third-order valence-electron chi connectivity index (χ3n) is 2.57. The summed E-state index contributed by atoms with van der Waals surface area (Å²) < 4.78 is 5.29. The first-order valence-corrected chi connectivity index (χ1v) is 5.53. The van der Waals surface area contributed by atoms with Gasteiger partial charge in [-0.1, -0.05) is 11.6 Å². The fourth-order valence-electron chi connectivity index (χ4n) is 1.71. The molecule has 0 bridgehead atoms. The number of nitrogens with one attached hydrogen (secondary N) is 1. The van der Waals surface area contributed by atoms with Crippen LogP contribution in [0.3, 0.4) is 0 Å². The Morgan fingerprint density at radius 1 is 1.33 bits per heavy atom. The van der Waals surface area contributed by atoms with E-state index in [1.165, 1.54) is 0 Å². The lowest BCUT2D eigenvalue weighted by Crippen LogP contribution is -2.27. The highest BCUT2D eigenvalue weighted by Crippen LogP contribution is 2.26. The van der Waals surface area contributed by atoms with Gasteiger partial charge < -0.3 is 15.8 Å². The van der Waals surface area contributed by atoms with Crippen LogP contribution in [0.4, 0.5) is 11.4 Å². The summed E-state index contributed by atoms with van der Waals surface area (Å²) in [6.07, 6.45) is 2.06. The summed E-state index contributed by atoms with van der Waals surface area (Å²) in [5, 5.41) is 4.09. The van der Waals surface area contributed by atoms with Crippen LogP contribution in [0, 0.1) is 0 Å². The van der Waals surface area contributed by atoms with E-state index in [0.717, 1.165) is 31.7 Å². The van der Waals surface area contributed by atoms with Crippen molar-refractivity contribution in [3.8, 4) is 0 Å². The van der Waals surface area contributed by atoms with E-state index in [-0.39, 0.29) is 0 Å². The zero-order chi connectivity index (χ0) is 10.7. The maximum atomic E-state index is 6.07. The van der Waals surface area contributed by atoms with E-state index in [0.29, 0.717) is 16.8 Å². The molecule has 82 valence electrons. The summed E-state index contributed by atoms with van der Waals surface area (Å²) in [5.74, 6) is 0. The number of anilines is 2. The predicted octanol–water partition coefficient (Wildman–Crippen LogP) is 2.51. The third-order valence-corrected chi connectivity index (χ3v) is 2.89. The Morgan fingerprint density at radius 3 is 2.73 bits per heavy atom. The van der Waals surface area contributed by atoms with Crippen LogP contribution in [0.2, 0.25) is 5.02 Å². The van der Waals surface area contributed by atoms with Crippen LogP contribution in [0.5, 0.6) is 0 Å². The van der Waals surface area contributed by atoms with E-state index >= 15 is 0 Å². The minimum atomic E-state index is 0.458. The zero-order valence-corrected chi connectivity index (χ0v) is 9.26. The average molecular weight is 227 g/mol. The van der Waals surface area contributed by atoms with Crippen molar-refractivity contribution in [1.29, 1.82) is 0 Å². The van der Waals surface area contributed by atoms with Gasteiger partial charge in [0, 0.05) is 24.9 Å². The Hall–Kier alpha value is -0.930. The predicted molar refractivity (Wildman–Crippen MR) is 63.3 cm³/mol. The second kappa shape index (κ2) is 4.73. The molecule has 0 saturated carbocycles. The van der Waals surface area contributed by atoms with E-state index in [4.69, 9.17) is 22.1 Å². The molecular weight excluding hydrogens is 212 g/mol. The highest BCUT2D eigenvalue weighted by Gasteiger charge is 2.14. The van der Waals surface area contributed by atoms with E-state index in [1.807, 2.05) is 12.1 Å². The molecular formula is C11H15ClN2O. The summed E-state index contributed by atoms with van der Waals surface area (Å²) in [5.41, 5.74) is 7.28. The van der Waals surface area contributed by atoms with Gasteiger partial charge in [-0.25, -0.2) is 0 Å². The van der Waals surface area contributed by atoms with Crippen molar-refractivity contribution in [3.05, 3.63) is 23.2 Å². The second-order valence-electron chi connectivity index (χ2n) is 3.77. The van der Waals surface area contributed by atoms with Crippen molar-refractivity contribution in [2.75, 3.05) is 24.3 Å². The van der Waals surface area contributed by atoms with Crippen LogP contribution >= 0.6 is 11.6 Å². The number of hydrogen-bond acceptors (Lipinski definition) is 3. The molecule has 1 aromatic carbocycles. The number of nitrogens with two attached hydrogens (primary N) is 1. The van der Waals surface area contributed by atoms with Crippen LogP contribution < -0.4 is 11.1 Å². The van der Waals surface area contributed by atoms with Gasteiger partial charge in [-0.2, -0.15) is 0 Å². The molecule has 0 amide bonds. The first kappa shape index (κ1) is 10.6. The van der Waals surface area contributed by atoms with Crippen LogP contribution in [0.1, 0.15) is 12.8 Å². The van der Waals surface area contributed by atoms with Crippen LogP contribution in [-0.4, -0.2) is 19.3 Å². The van der Waals surface area contributed by atoms with Gasteiger partial charge in [0.2, 0.25) is 0 Å². The quantitative estimate of drug-likeness (QED) is 0.762. The highest BCUT2D eigenvalue weighted by molar-refractivity contribution is 6.33. The molecule has 1 fully saturated rings. The van der Waals surface area contributed by atoms with Crippen LogP contribution in [-0.2, 0) is 4.74 Å². The van der Waals surface area contributed by atoms with Crippen molar-refractivity contribution in [1.82, 2.24) is 0 Å². The van der Waals surface area contributed by atoms with E-state index in [9.17, 15) is 0 Å². The van der Waals surface area contributed by atoms with E-state index in [1.54, 1.807) is 6.07 Å². The maximum Gasteiger partial charge on any atom is 0.0658 e. The molecule has 1 aliphatic rings. The standard InChI is InChI=1S/C11H15ClN2O/c12-10-7-8(13)1-2-11(10)14-9-3-5-15-6-4-9/h1-2,7,9,14H,3-6,13H2. The largest absolute Gasteiger partial charge is 0.399 e. The molecule has 0 aromatic heterocycles. The maximum absolute atomic E-state index is 6.07. The third kappa shape index (κ3) is 2.76. The van der Waals surface area contributed by atoms with Crippen molar-refractivity contribution in [2.24, 2.45) is 0 Å². The zero-order valence-electron chi connectivity index (χ0n) is 8.50. The van der Waals surface area contributed by atoms with Gasteiger partial charge in [0.1, 0.15) is 0 Å². The van der Waals surface area contributed by atoms with Crippen LogP contribution in [0.25, 0.3) is 0 Å². The number of nitrogen functional groups attached to an aromatic ring is 1. The molecule has 0 radical (unpaired) electrons. The normalized spacial score (nSPS) is 17.7. The first-order valence-electron chi connectivity index (χ1n) is 5.15. The van der Waals surface area contributed by atoms with Gasteiger partial charge in [-0.05, 0) is 31.0 Å². The summed E-state index contributed by atoms with van der Waals surface area (Å²) in [7, 11) is 0. The lowest BCUT2D eigenvalue weighted by molar-refractivity contribution is 0.0904. The number of halogens is 1. The van der Waals surface area contributed by atoms with Gasteiger partial charge in [0.05, 0.1) is 10.7 Å². The molecule has 0 atom stereocenters. The molecule has 3 nitrogen and oxygen atoms in total. The smallest absolute Gasteiger partial charge is 0.0658 e. The van der Waals surface area contributed by atoms with Gasteiger partial charge in [0.15, 0.2) is 0 Å². The van der Waals surface area contributed by atoms with Gasteiger partial charge >= 0.3 is 0 Å². The molecule has 0 spiro atoms. The molecule has 2 rings (SSSR count). The molecule has 1 aromatic rings. The van der Waals surface area contributed by atoms with Crippen molar-refractivity contribution in [2.45, 2.75) is 18.9 Å². The summed E-state index contributed by atoms with van der Waals surface area (Å²) in [6, 6.07) is 6.00. The van der Waals surface area contributed by atoms with Crippen LogP contribution in [0.15, 0.2) is 18.2 Å². The molecule has 4 heteroatoms. The Kier molecular flexibility index (Phi) is 3.34. The van der Waals surface area contributed by atoms with E-state index < -0.39 is 0 Å². The molecule has 0 aliphatic carbocycles. The molecule has 0 unspecified atom stereocenters. The minimum Gasteiger partial charge on any atom is -0.399 e. The first-order chi connectivity index (χ1) is 7.25. The Balaban J connectivity index is 2.03. The van der Waals surface area contributed by atoms with Gasteiger partial charge in [0.25, 0.3) is 0 Å². The highest BCUT2D eigenvalue weighted by atomic mass is 35.5. The number of benzene rings is 1. The summed E-state index contributed by atoms with van der Waals surface area (Å²) >= 11 is 6.07. The lowest BCUT2D eigenvalue weighted by Gasteiger charge is -2.24. The molecule has 15 heavy (non-hydrogen) atoms. The Labute approximate surface area is 94.6 Å². The molecule has 3 N–H and O–H groups in total. The topological polar surface area (TPSA) is 47.3 Å². The average Bonchev–Trinajstić information content (AvgIpc) is 2.24. The van der Waals surface area contributed by atoms with Crippen molar-refractivity contribution >= 4 is 23.0 Å². The number of ether oxygens (including phenoxy) is 1. The second-order valence-corrected chi connectivity index (χ2v) is 4.18. The van der Waals surface area contributed by atoms with Crippen molar-refractivity contribution in [3.63, 3.8) is 0 Å². The molecule has 1 saturated heterocycles. The van der Waals surface area contributed by atoms with Gasteiger partial charge in [-0.15, -0.1) is 0 Å². The molecule has 1 aliphatic heterocycles. The summed E-state index contributed by atoms with van der Waals surface area (Å²) in [4.78, 5) is 0. The number of hydrogen-bond donors (Lipinski definition) is 2. The van der Waals surface area contributed by atoms with E-state index in [2.05, 4.69) is 5.32 Å². The SMILES string of the molecule is Nc1ccc(NC2CCOCC2)c(Cl)c1. The van der Waals surface area contributed by atoms with Gasteiger partial charge in [-0.3, -0.25) is 0 Å². The number of rotatable bonds is 2. The Morgan fingerprint density at radius 2 is 2.07 bits per heavy atom. The minimum absolute atomic E-state index is 0.458. The summed E-state index contributed by atoms with van der Waals surface area (Å²) in [6.45, 7) is 1.65.